The third-order valence-electron chi connectivity index (χ3n) is 5.50. The van der Waals surface area contributed by atoms with Crippen molar-refractivity contribution in [2.45, 2.75) is 110 Å². The van der Waals surface area contributed by atoms with E-state index in [1.807, 2.05) is 0 Å². The summed E-state index contributed by atoms with van der Waals surface area (Å²) >= 11 is -3.86. The number of nitrogen functional groups attached to an aromatic ring is 1. The van der Waals surface area contributed by atoms with E-state index in [4.69, 9.17) is 12.4 Å². The third kappa shape index (κ3) is 15.3. The Morgan fingerprint density at radius 3 is 1.62 bits per heavy atom. The van der Waals surface area contributed by atoms with Crippen LogP contribution in [0.2, 0.25) is 0 Å². The maximum atomic E-state index is 11.8. The molecule has 1 aromatic rings. The Morgan fingerprint density at radius 2 is 1.16 bits per heavy atom. The van der Waals surface area contributed by atoms with E-state index in [0.29, 0.717) is 12.1 Å². The van der Waals surface area contributed by atoms with Gasteiger partial charge in [-0.2, -0.15) is 0 Å². The molecule has 0 bridgehead atoms. The summed E-state index contributed by atoms with van der Waals surface area (Å²) in [4.78, 5) is 23.6. The first-order chi connectivity index (χ1) is 15.5. The molecule has 0 spiro atoms. The molecule has 6 nitrogen and oxygen atoms in total. The summed E-state index contributed by atoms with van der Waals surface area (Å²) in [5.41, 5.74) is 6.28. The Morgan fingerprint density at radius 1 is 0.719 bits per heavy atom. The Labute approximate surface area is 200 Å². The second-order valence-corrected chi connectivity index (χ2v) is 9.85. The SMILES string of the molecule is CCCCCCCCCCCCCCCCCC(=O)[O][Ti](=[O])[O]C(=O)c1ccc(N)cc1. The topological polar surface area (TPSA) is 95.7 Å². The summed E-state index contributed by atoms with van der Waals surface area (Å²) in [7, 11) is 0. The van der Waals surface area contributed by atoms with Crippen LogP contribution in [0.15, 0.2) is 24.3 Å². The van der Waals surface area contributed by atoms with Crippen LogP contribution in [0.3, 0.4) is 0 Å². The Hall–Kier alpha value is -1.53. The molecule has 0 fully saturated rings. The molecule has 0 saturated carbocycles. The van der Waals surface area contributed by atoms with E-state index in [1.165, 1.54) is 89.2 Å². The minimum absolute atomic E-state index is 0.205. The quantitative estimate of drug-likeness (QED) is 0.129. The number of hydrogen-bond acceptors (Lipinski definition) is 6. The van der Waals surface area contributed by atoms with Crippen molar-refractivity contribution >= 4 is 17.6 Å². The van der Waals surface area contributed by atoms with Crippen LogP contribution in [0.5, 0.6) is 0 Å². The normalized spacial score (nSPS) is 10.7. The molecule has 0 unspecified atom stereocenters. The minimum atomic E-state index is -3.86. The van der Waals surface area contributed by atoms with Crippen molar-refractivity contribution in [1.82, 2.24) is 0 Å². The molecule has 32 heavy (non-hydrogen) atoms. The zero-order chi connectivity index (χ0) is 23.4. The summed E-state index contributed by atoms with van der Waals surface area (Å²) in [6.07, 6.45) is 19.0. The van der Waals surface area contributed by atoms with Crippen molar-refractivity contribution in [2.75, 3.05) is 5.73 Å². The number of hydrogen-bond donors (Lipinski definition) is 1. The predicted octanol–water partition coefficient (Wildman–Crippen LogP) is 7.02. The van der Waals surface area contributed by atoms with Gasteiger partial charge in [0.2, 0.25) is 0 Å². The van der Waals surface area contributed by atoms with Crippen LogP contribution in [0.4, 0.5) is 5.69 Å². The average molecular weight is 483 g/mol. The molecule has 0 heterocycles. The fourth-order valence-corrected chi connectivity index (χ4v) is 4.49. The first kappa shape index (κ1) is 28.5. The van der Waals surface area contributed by atoms with Crippen LogP contribution in [0, 0.1) is 0 Å². The van der Waals surface area contributed by atoms with Crippen LogP contribution in [0.25, 0.3) is 0 Å². The Kier molecular flexibility index (Phi) is 16.9. The third-order valence-corrected chi connectivity index (χ3v) is 6.67. The molecule has 0 atom stereocenters. The molecule has 180 valence electrons. The van der Waals surface area contributed by atoms with Gasteiger partial charge in [0.15, 0.2) is 0 Å². The molecule has 0 radical (unpaired) electrons. The van der Waals surface area contributed by atoms with Gasteiger partial charge in [-0.05, 0) is 0 Å². The fraction of sp³-hybridized carbons (Fsp3) is 0.680. The molecular formula is C25H41NO5Ti. The molecule has 0 aliphatic heterocycles. The zero-order valence-corrected chi connectivity index (χ0v) is 21.3. The Bertz CT molecular complexity index is 663. The van der Waals surface area contributed by atoms with Crippen molar-refractivity contribution in [2.24, 2.45) is 0 Å². The molecule has 1 aromatic carbocycles. The van der Waals surface area contributed by atoms with Crippen LogP contribution in [-0.2, 0) is 33.4 Å². The number of carbonyl (C=O) groups excluding carboxylic acids is 2. The summed E-state index contributed by atoms with van der Waals surface area (Å²) in [6, 6.07) is 6.04. The monoisotopic (exact) mass is 483 g/mol. The van der Waals surface area contributed by atoms with Gasteiger partial charge in [0.25, 0.3) is 0 Å². The molecule has 0 aliphatic rings. The van der Waals surface area contributed by atoms with Crippen molar-refractivity contribution in [3.05, 3.63) is 29.8 Å². The van der Waals surface area contributed by atoms with Gasteiger partial charge >= 0.3 is 156 Å². The van der Waals surface area contributed by atoms with Crippen LogP contribution < -0.4 is 5.73 Å². The van der Waals surface area contributed by atoms with Crippen LogP contribution in [0.1, 0.15) is 120 Å². The number of rotatable bonds is 19. The summed E-state index contributed by atoms with van der Waals surface area (Å²) in [5, 5.41) is 0. The van der Waals surface area contributed by atoms with E-state index >= 15 is 0 Å². The molecule has 7 heteroatoms. The van der Waals surface area contributed by atoms with E-state index in [2.05, 4.69) is 6.92 Å². The number of nitrogens with two attached hydrogens (primary N) is 1. The standard InChI is InChI=1S/C18H36O2.C7H7NO2.O.Ti/c1-2-3-4-5-6-7-8-9-10-11-12-13-14-15-16-17-18(19)20;8-6-3-1-5(2-4-6)7(9)10;;/h2-17H2,1H3,(H,19,20);1-4H,8H2,(H,9,10);;/q;;;+2/p-2. The van der Waals surface area contributed by atoms with Gasteiger partial charge in [-0.15, -0.1) is 0 Å². The van der Waals surface area contributed by atoms with Gasteiger partial charge in [-0.25, -0.2) is 0 Å². The van der Waals surface area contributed by atoms with E-state index in [0.717, 1.165) is 12.8 Å². The second kappa shape index (κ2) is 19.0. The zero-order valence-electron chi connectivity index (χ0n) is 19.7. The number of carbonyl (C=O) groups is 2. The van der Waals surface area contributed by atoms with Gasteiger partial charge in [-0.1, -0.05) is 45.4 Å². The van der Waals surface area contributed by atoms with Crippen molar-refractivity contribution in [1.29, 1.82) is 0 Å². The van der Waals surface area contributed by atoms with Gasteiger partial charge in [0.05, 0.1) is 0 Å². The Balaban J connectivity index is 1.92. The number of benzene rings is 1. The van der Waals surface area contributed by atoms with E-state index in [1.54, 1.807) is 12.1 Å². The van der Waals surface area contributed by atoms with Gasteiger partial charge in [0.1, 0.15) is 0 Å². The molecule has 0 saturated heterocycles. The van der Waals surface area contributed by atoms with Crippen molar-refractivity contribution in [3.8, 4) is 0 Å². The molecule has 1 rings (SSSR count). The van der Waals surface area contributed by atoms with Crippen LogP contribution >= 0.6 is 0 Å². The summed E-state index contributed by atoms with van der Waals surface area (Å²) in [6.45, 7) is 2.26. The first-order valence-electron chi connectivity index (χ1n) is 12.3. The predicted molar refractivity (Wildman–Crippen MR) is 123 cm³/mol. The van der Waals surface area contributed by atoms with Gasteiger partial charge in [0, 0.05) is 0 Å². The fourth-order valence-electron chi connectivity index (χ4n) is 3.56. The van der Waals surface area contributed by atoms with E-state index in [-0.39, 0.29) is 12.0 Å². The molecule has 0 aliphatic carbocycles. The molecule has 2 N–H and O–H groups in total. The summed E-state index contributed by atoms with van der Waals surface area (Å²) in [5.74, 6) is -1.33. The molecule has 0 aromatic heterocycles. The van der Waals surface area contributed by atoms with E-state index < -0.39 is 30.6 Å². The van der Waals surface area contributed by atoms with Crippen LogP contribution in [-0.4, -0.2) is 11.9 Å². The van der Waals surface area contributed by atoms with E-state index in [9.17, 15) is 12.9 Å². The van der Waals surface area contributed by atoms with Gasteiger partial charge in [-0.3, -0.25) is 0 Å². The number of unbranched alkanes of at least 4 members (excludes halogenated alkanes) is 14. The number of anilines is 1. The average Bonchev–Trinajstić information content (AvgIpc) is 2.76. The van der Waals surface area contributed by atoms with Gasteiger partial charge < -0.3 is 0 Å². The summed E-state index contributed by atoms with van der Waals surface area (Å²) < 4.78 is 21.4. The van der Waals surface area contributed by atoms with Crippen molar-refractivity contribution < 1.29 is 38.2 Å². The second-order valence-electron chi connectivity index (χ2n) is 8.44. The molecular weight excluding hydrogens is 442 g/mol. The van der Waals surface area contributed by atoms with Crippen molar-refractivity contribution in [3.63, 3.8) is 0 Å². The maximum absolute atomic E-state index is 11.8. The first-order valence-corrected chi connectivity index (χ1v) is 14.3. The molecule has 0 amide bonds.